The highest BCUT2D eigenvalue weighted by molar-refractivity contribution is 7.71. The number of carbonyl (C=O) groups excluding carboxylic acids is 1. The first-order chi connectivity index (χ1) is 11.7. The van der Waals surface area contributed by atoms with Gasteiger partial charge in [0.05, 0.1) is 5.41 Å². The molecule has 0 atom stereocenters. The van der Waals surface area contributed by atoms with Crippen LogP contribution < -0.4 is 5.32 Å². The molecule has 1 fully saturated rings. The summed E-state index contributed by atoms with van der Waals surface area (Å²) in [6.45, 7) is 7.16. The molecule has 1 aromatic heterocycles. The van der Waals surface area contributed by atoms with Gasteiger partial charge in [-0.15, -0.1) is 0 Å². The Morgan fingerprint density at radius 2 is 1.96 bits per heavy atom. The van der Waals surface area contributed by atoms with Gasteiger partial charge >= 0.3 is 0 Å². The summed E-state index contributed by atoms with van der Waals surface area (Å²) in [5.74, 6) is 0.970. The van der Waals surface area contributed by atoms with Crippen LogP contribution in [-0.2, 0) is 29.1 Å². The van der Waals surface area contributed by atoms with Crippen molar-refractivity contribution < 1.29 is 4.79 Å². The SMILES string of the molecule is Cn1c(CCNC(=O)C2(c3ccc(C(C)(C)C)cc3)CC2)n[nH]c1=S. The summed E-state index contributed by atoms with van der Waals surface area (Å²) in [5.41, 5.74) is 2.20. The van der Waals surface area contributed by atoms with Gasteiger partial charge in [0, 0.05) is 20.0 Å². The lowest BCUT2D eigenvalue weighted by Gasteiger charge is -2.21. The standard InChI is InChI=1S/C19H26N4OS/c1-18(2,3)13-5-7-14(8-6-13)19(10-11-19)16(24)20-12-9-15-21-22-17(25)23(15)4/h5-8H,9-12H2,1-4H3,(H,20,24)(H,22,25). The van der Waals surface area contributed by atoms with Gasteiger partial charge in [0.2, 0.25) is 5.91 Å². The molecule has 25 heavy (non-hydrogen) atoms. The van der Waals surface area contributed by atoms with Crippen LogP contribution in [0.15, 0.2) is 24.3 Å². The topological polar surface area (TPSA) is 62.7 Å². The Hall–Kier alpha value is -1.95. The van der Waals surface area contributed by atoms with Gasteiger partial charge in [-0.05, 0) is 41.6 Å². The lowest BCUT2D eigenvalue weighted by Crippen LogP contribution is -2.36. The molecule has 3 rings (SSSR count). The van der Waals surface area contributed by atoms with E-state index in [0.717, 1.165) is 24.2 Å². The Labute approximate surface area is 153 Å². The maximum Gasteiger partial charge on any atom is 0.230 e. The molecule has 0 unspecified atom stereocenters. The zero-order chi connectivity index (χ0) is 18.2. The molecule has 6 heteroatoms. The van der Waals surface area contributed by atoms with Gasteiger partial charge < -0.3 is 9.88 Å². The summed E-state index contributed by atoms with van der Waals surface area (Å²) in [6, 6.07) is 8.53. The molecule has 1 aromatic carbocycles. The summed E-state index contributed by atoms with van der Waals surface area (Å²) in [7, 11) is 1.88. The normalized spacial score (nSPS) is 15.8. The molecular formula is C19H26N4OS. The minimum Gasteiger partial charge on any atom is -0.355 e. The minimum atomic E-state index is -0.340. The van der Waals surface area contributed by atoms with Crippen molar-refractivity contribution in [1.29, 1.82) is 0 Å². The molecule has 5 nitrogen and oxygen atoms in total. The van der Waals surface area contributed by atoms with Crippen LogP contribution in [0.2, 0.25) is 0 Å². The van der Waals surface area contributed by atoms with Crippen LogP contribution in [-0.4, -0.2) is 27.2 Å². The van der Waals surface area contributed by atoms with Crippen LogP contribution in [0, 0.1) is 4.77 Å². The van der Waals surface area contributed by atoms with E-state index in [-0.39, 0.29) is 16.7 Å². The van der Waals surface area contributed by atoms with Crippen molar-refractivity contribution in [2.45, 2.75) is 50.9 Å². The molecular weight excluding hydrogens is 332 g/mol. The summed E-state index contributed by atoms with van der Waals surface area (Å²) < 4.78 is 2.43. The van der Waals surface area contributed by atoms with Crippen molar-refractivity contribution in [2.75, 3.05) is 6.54 Å². The van der Waals surface area contributed by atoms with Crippen LogP contribution in [0.5, 0.6) is 0 Å². The molecule has 1 saturated carbocycles. The van der Waals surface area contributed by atoms with Crippen molar-refractivity contribution in [3.8, 4) is 0 Å². The molecule has 1 amide bonds. The molecule has 1 aliphatic rings. The van der Waals surface area contributed by atoms with Crippen LogP contribution in [0.25, 0.3) is 0 Å². The number of aromatic amines is 1. The monoisotopic (exact) mass is 358 g/mol. The molecule has 0 radical (unpaired) electrons. The van der Waals surface area contributed by atoms with E-state index in [1.807, 2.05) is 11.6 Å². The van der Waals surface area contributed by atoms with Crippen molar-refractivity contribution in [1.82, 2.24) is 20.1 Å². The first kappa shape index (κ1) is 17.9. The number of H-pyrrole nitrogens is 1. The van der Waals surface area contributed by atoms with Gasteiger partial charge in [-0.2, -0.15) is 5.10 Å². The highest BCUT2D eigenvalue weighted by Crippen LogP contribution is 2.48. The van der Waals surface area contributed by atoms with Gasteiger partial charge in [0.25, 0.3) is 0 Å². The third-order valence-electron chi connectivity index (χ3n) is 5.09. The number of hydrogen-bond donors (Lipinski definition) is 2. The zero-order valence-corrected chi connectivity index (χ0v) is 16.2. The summed E-state index contributed by atoms with van der Waals surface area (Å²) >= 11 is 5.10. The van der Waals surface area contributed by atoms with Gasteiger partial charge in [-0.1, -0.05) is 45.0 Å². The van der Waals surface area contributed by atoms with E-state index >= 15 is 0 Å². The first-order valence-corrected chi connectivity index (χ1v) is 9.14. The molecule has 0 bridgehead atoms. The second-order valence-electron chi connectivity index (χ2n) is 7.92. The predicted octanol–water partition coefficient (Wildman–Crippen LogP) is 3.17. The number of nitrogens with zero attached hydrogens (tertiary/aromatic N) is 2. The second kappa shape index (κ2) is 6.41. The first-order valence-electron chi connectivity index (χ1n) is 8.74. The molecule has 1 heterocycles. The van der Waals surface area contributed by atoms with Crippen LogP contribution in [0.3, 0.4) is 0 Å². The lowest BCUT2D eigenvalue weighted by molar-refractivity contribution is -0.123. The number of carbonyl (C=O) groups is 1. The van der Waals surface area contributed by atoms with E-state index in [2.05, 4.69) is 60.6 Å². The van der Waals surface area contributed by atoms with E-state index in [0.29, 0.717) is 17.7 Å². The van der Waals surface area contributed by atoms with E-state index in [1.165, 1.54) is 5.56 Å². The van der Waals surface area contributed by atoms with Crippen LogP contribution >= 0.6 is 12.2 Å². The Balaban J connectivity index is 1.63. The third-order valence-corrected chi connectivity index (χ3v) is 5.46. The minimum absolute atomic E-state index is 0.118. The average molecular weight is 359 g/mol. The van der Waals surface area contributed by atoms with E-state index in [4.69, 9.17) is 12.2 Å². The fraction of sp³-hybridized carbons (Fsp3) is 0.526. The zero-order valence-electron chi connectivity index (χ0n) is 15.3. The van der Waals surface area contributed by atoms with E-state index < -0.39 is 0 Å². The molecule has 1 aliphatic carbocycles. The molecule has 2 N–H and O–H groups in total. The molecule has 2 aromatic rings. The number of rotatable bonds is 5. The second-order valence-corrected chi connectivity index (χ2v) is 8.31. The summed E-state index contributed by atoms with van der Waals surface area (Å²) in [6.07, 6.45) is 2.49. The number of nitrogens with one attached hydrogen (secondary N) is 2. The Morgan fingerprint density at radius 3 is 2.44 bits per heavy atom. The summed E-state index contributed by atoms with van der Waals surface area (Å²) in [4.78, 5) is 12.7. The van der Waals surface area contributed by atoms with Crippen molar-refractivity contribution in [2.24, 2.45) is 7.05 Å². The van der Waals surface area contributed by atoms with Crippen molar-refractivity contribution in [3.63, 3.8) is 0 Å². The Kier molecular flexibility index (Phi) is 4.58. The lowest BCUT2D eigenvalue weighted by atomic mass is 9.85. The third kappa shape index (κ3) is 3.54. The highest BCUT2D eigenvalue weighted by Gasteiger charge is 2.51. The van der Waals surface area contributed by atoms with E-state index in [9.17, 15) is 4.79 Å². The van der Waals surface area contributed by atoms with Gasteiger partial charge in [0.1, 0.15) is 5.82 Å². The quantitative estimate of drug-likeness (QED) is 0.807. The smallest absolute Gasteiger partial charge is 0.230 e. The number of hydrogen-bond acceptors (Lipinski definition) is 3. The predicted molar refractivity (Wildman–Crippen MR) is 101 cm³/mol. The largest absolute Gasteiger partial charge is 0.355 e. The maximum absolute atomic E-state index is 12.7. The molecule has 0 saturated heterocycles. The fourth-order valence-corrected chi connectivity index (χ4v) is 3.27. The van der Waals surface area contributed by atoms with Gasteiger partial charge in [-0.25, -0.2) is 0 Å². The number of aromatic nitrogens is 3. The fourth-order valence-electron chi connectivity index (χ4n) is 3.12. The Bertz CT molecular complexity index is 822. The molecule has 134 valence electrons. The number of benzene rings is 1. The summed E-state index contributed by atoms with van der Waals surface area (Å²) in [5, 5.41) is 10.0. The van der Waals surface area contributed by atoms with Gasteiger partial charge in [0.15, 0.2) is 4.77 Å². The van der Waals surface area contributed by atoms with Crippen molar-refractivity contribution in [3.05, 3.63) is 46.0 Å². The average Bonchev–Trinajstić information content (AvgIpc) is 3.32. The highest BCUT2D eigenvalue weighted by atomic mass is 32.1. The molecule has 0 spiro atoms. The van der Waals surface area contributed by atoms with Crippen LogP contribution in [0.4, 0.5) is 0 Å². The van der Waals surface area contributed by atoms with Gasteiger partial charge in [-0.3, -0.25) is 9.89 Å². The van der Waals surface area contributed by atoms with Crippen molar-refractivity contribution >= 4 is 18.1 Å². The molecule has 0 aliphatic heterocycles. The van der Waals surface area contributed by atoms with E-state index in [1.54, 1.807) is 0 Å². The maximum atomic E-state index is 12.7. The number of amides is 1. The van der Waals surface area contributed by atoms with Crippen LogP contribution in [0.1, 0.15) is 50.6 Å². The Morgan fingerprint density at radius 1 is 1.32 bits per heavy atom.